The average Bonchev–Trinajstić information content (AvgIpc) is 2.34. The molecule has 0 spiro atoms. The Bertz CT molecular complexity index is 470. The molecule has 2 nitrogen and oxygen atoms in total. The second-order valence-corrected chi connectivity index (χ2v) is 8.42. The van der Waals surface area contributed by atoms with E-state index in [4.69, 9.17) is 0 Å². The smallest absolute Gasteiger partial charge is 0.128 e. The van der Waals surface area contributed by atoms with Crippen LogP contribution in [0.25, 0.3) is 0 Å². The first kappa shape index (κ1) is 16.0. The molecule has 1 heterocycles. The molecule has 0 bridgehead atoms. The zero-order chi connectivity index (χ0) is 13.4. The number of aromatic nitrogens is 1. The number of nitrogens with zero attached hydrogens (tertiary/aromatic N) is 1. The van der Waals surface area contributed by atoms with Gasteiger partial charge >= 0.3 is 73.9 Å². The minimum absolute atomic E-state index is 0.318. The predicted octanol–water partition coefficient (Wildman–Crippen LogP) is 2.95. The Labute approximate surface area is 142 Å². The second-order valence-electron chi connectivity index (χ2n) is 3.25. The number of nitrogens with one attached hydrogen (secondary N) is 1. The SMILES string of the molecule is Brc1cc[c]([Hg+])cc1.S=C([S-])Nc1ccccn1. The molecule has 0 saturated heterocycles. The minimum atomic E-state index is 0.318. The summed E-state index contributed by atoms with van der Waals surface area (Å²) in [6.45, 7) is 0. The Kier molecular flexibility index (Phi) is 7.89. The van der Waals surface area contributed by atoms with Crippen LogP contribution >= 0.6 is 28.1 Å². The van der Waals surface area contributed by atoms with Crippen molar-refractivity contribution >= 4 is 54.0 Å². The molecule has 0 atom stereocenters. The molecule has 6 heteroatoms. The molecule has 0 unspecified atom stereocenters. The molecule has 1 aromatic heterocycles. The van der Waals surface area contributed by atoms with E-state index in [-0.39, 0.29) is 0 Å². The summed E-state index contributed by atoms with van der Waals surface area (Å²) in [7, 11) is 0. The first-order valence-electron chi connectivity index (χ1n) is 5.04. The molecule has 18 heavy (non-hydrogen) atoms. The molecule has 1 N–H and O–H groups in total. The van der Waals surface area contributed by atoms with E-state index in [1.807, 2.05) is 12.1 Å². The first-order valence-corrected chi connectivity index (χ1v) is 9.40. The van der Waals surface area contributed by atoms with Gasteiger partial charge in [-0.2, -0.15) is 0 Å². The van der Waals surface area contributed by atoms with Crippen molar-refractivity contribution in [3.05, 3.63) is 53.1 Å². The van der Waals surface area contributed by atoms with E-state index >= 15 is 0 Å². The van der Waals surface area contributed by atoms with Crippen molar-refractivity contribution in [1.82, 2.24) is 4.98 Å². The topological polar surface area (TPSA) is 24.9 Å². The van der Waals surface area contributed by atoms with Gasteiger partial charge in [0, 0.05) is 6.20 Å². The number of rotatable bonds is 1. The molecule has 2 aromatic rings. The summed E-state index contributed by atoms with van der Waals surface area (Å²) in [6.07, 6.45) is 1.68. The van der Waals surface area contributed by atoms with E-state index in [0.717, 1.165) is 26.1 Å². The van der Waals surface area contributed by atoms with Crippen LogP contribution in [0.4, 0.5) is 5.82 Å². The maximum Gasteiger partial charge on any atom is 0.128 e. The third-order valence-corrected chi connectivity index (χ3v) is 4.37. The summed E-state index contributed by atoms with van der Waals surface area (Å²) in [4.78, 5) is 3.95. The fraction of sp³-hybridized carbons (Fsp3) is 0. The number of anilines is 1. The molecule has 2 rings (SSSR count). The third-order valence-electron chi connectivity index (χ3n) is 1.81. The first-order chi connectivity index (χ1) is 8.58. The van der Waals surface area contributed by atoms with E-state index in [1.165, 1.54) is 7.54 Å². The molecular formula is C12H9BrHgN2S2. The number of hydrogen-bond acceptors (Lipinski definition) is 3. The fourth-order valence-electron chi connectivity index (χ4n) is 1.03. The van der Waals surface area contributed by atoms with Crippen LogP contribution in [0.1, 0.15) is 0 Å². The van der Waals surface area contributed by atoms with Crippen molar-refractivity contribution in [2.24, 2.45) is 0 Å². The Morgan fingerprint density at radius 3 is 2.33 bits per heavy atom. The van der Waals surface area contributed by atoms with Gasteiger partial charge in [-0.3, -0.25) is 0 Å². The summed E-state index contributed by atoms with van der Waals surface area (Å²) in [5.74, 6) is 0.697. The summed E-state index contributed by atoms with van der Waals surface area (Å²) in [6, 6.07) is 14.0. The van der Waals surface area contributed by atoms with Gasteiger partial charge in [0.1, 0.15) is 5.82 Å². The molecule has 0 aliphatic heterocycles. The van der Waals surface area contributed by atoms with Crippen LogP contribution < -0.4 is 8.39 Å². The van der Waals surface area contributed by atoms with Crippen molar-refractivity contribution in [3.63, 3.8) is 0 Å². The third kappa shape index (κ3) is 7.36. The second kappa shape index (κ2) is 8.90. The fourth-order valence-corrected chi connectivity index (χ4v) is 2.42. The number of halogens is 1. The summed E-state index contributed by atoms with van der Waals surface area (Å²) in [5.41, 5.74) is 0. The van der Waals surface area contributed by atoms with Crippen molar-refractivity contribution < 1.29 is 26.1 Å². The van der Waals surface area contributed by atoms with Crippen LogP contribution in [0, 0.1) is 0 Å². The minimum Gasteiger partial charge on any atom is -0.411 e. The molecule has 0 amide bonds. The number of pyridine rings is 1. The maximum atomic E-state index is 4.64. The summed E-state index contributed by atoms with van der Waals surface area (Å²) in [5, 5.41) is 2.74. The zero-order valence-electron chi connectivity index (χ0n) is 9.47. The Morgan fingerprint density at radius 2 is 1.89 bits per heavy atom. The zero-order valence-corrected chi connectivity index (χ0v) is 18.2. The van der Waals surface area contributed by atoms with Crippen LogP contribution in [-0.4, -0.2) is 9.30 Å². The van der Waals surface area contributed by atoms with Crippen LogP contribution in [-0.2, 0) is 38.8 Å². The molecule has 88 valence electrons. The van der Waals surface area contributed by atoms with E-state index in [0.29, 0.717) is 10.1 Å². The Hall–Kier alpha value is -0.105. The summed E-state index contributed by atoms with van der Waals surface area (Å²) < 4.78 is 2.98. The molecule has 0 aliphatic rings. The van der Waals surface area contributed by atoms with E-state index < -0.39 is 0 Å². The predicted molar refractivity (Wildman–Crippen MR) is 81.6 cm³/mol. The van der Waals surface area contributed by atoms with E-state index in [2.05, 4.69) is 75.3 Å². The van der Waals surface area contributed by atoms with Crippen LogP contribution in [0.3, 0.4) is 0 Å². The molecule has 0 radical (unpaired) electrons. The van der Waals surface area contributed by atoms with Gasteiger partial charge in [0.15, 0.2) is 0 Å². The maximum absolute atomic E-state index is 4.64. The molecule has 0 aliphatic carbocycles. The normalized spacial score (nSPS) is 9.06. The molecule has 1 aromatic carbocycles. The Morgan fingerprint density at radius 1 is 1.22 bits per heavy atom. The quantitative estimate of drug-likeness (QED) is 0.352. The van der Waals surface area contributed by atoms with Crippen molar-refractivity contribution in [1.29, 1.82) is 0 Å². The number of benzene rings is 1. The van der Waals surface area contributed by atoms with Crippen molar-refractivity contribution in [2.75, 3.05) is 5.32 Å². The van der Waals surface area contributed by atoms with Gasteiger partial charge in [0.25, 0.3) is 0 Å². The van der Waals surface area contributed by atoms with Gasteiger partial charge in [-0.15, -0.1) is 0 Å². The number of hydrogen-bond donors (Lipinski definition) is 1. The standard InChI is InChI=1S/C6H4Br.C6H6N2S2.Hg/c7-6-4-2-1-3-5-6;9-6(10)8-5-3-1-2-4-7-5;/h2-5H;1-4H,(H2,7,8,9,10);/q;;+1/p-1. The van der Waals surface area contributed by atoms with Gasteiger partial charge in [0.2, 0.25) is 0 Å². The van der Waals surface area contributed by atoms with Crippen molar-refractivity contribution in [2.45, 2.75) is 0 Å². The van der Waals surface area contributed by atoms with E-state index in [9.17, 15) is 0 Å². The van der Waals surface area contributed by atoms with Gasteiger partial charge in [-0.05, 0) is 12.1 Å². The van der Waals surface area contributed by atoms with Crippen LogP contribution in [0.2, 0.25) is 0 Å². The van der Waals surface area contributed by atoms with Crippen LogP contribution in [0.15, 0.2) is 53.1 Å². The van der Waals surface area contributed by atoms with Gasteiger partial charge in [-0.25, -0.2) is 4.98 Å². The molecular weight excluding hydrogens is 517 g/mol. The van der Waals surface area contributed by atoms with Gasteiger partial charge in [-0.1, -0.05) is 10.4 Å². The van der Waals surface area contributed by atoms with Gasteiger partial charge in [0.05, 0.1) is 0 Å². The summed E-state index contributed by atoms with van der Waals surface area (Å²) >= 11 is 13.4. The monoisotopic (exact) mass is 526 g/mol. The van der Waals surface area contributed by atoms with E-state index in [1.54, 1.807) is 12.3 Å². The van der Waals surface area contributed by atoms with Crippen molar-refractivity contribution in [3.8, 4) is 0 Å². The van der Waals surface area contributed by atoms with Gasteiger partial charge < -0.3 is 30.2 Å². The number of thiocarbonyl (C=S) groups is 1. The molecule has 0 saturated carbocycles. The van der Waals surface area contributed by atoms with Crippen LogP contribution in [0.5, 0.6) is 0 Å². The largest absolute Gasteiger partial charge is 0.411 e. The molecule has 0 fully saturated rings. The Balaban J connectivity index is 0.000000184. The average molecular weight is 526 g/mol.